The highest BCUT2D eigenvalue weighted by Gasteiger charge is 2.12. The van der Waals surface area contributed by atoms with Crippen LogP contribution < -0.4 is 10.6 Å². The van der Waals surface area contributed by atoms with Crippen molar-refractivity contribution < 1.29 is 4.79 Å². The number of carbonyl (C=O) groups excluding carboxylic acids is 1. The van der Waals surface area contributed by atoms with Gasteiger partial charge in [0.1, 0.15) is 5.82 Å². The van der Waals surface area contributed by atoms with Crippen molar-refractivity contribution in [3.05, 3.63) is 35.5 Å². The van der Waals surface area contributed by atoms with Crippen molar-refractivity contribution in [3.8, 4) is 0 Å². The van der Waals surface area contributed by atoms with E-state index in [1.807, 2.05) is 5.38 Å². The molecule has 0 atom stereocenters. The molecule has 0 fully saturated rings. The minimum atomic E-state index is -0.198. The molecule has 2 aromatic heterocycles. The van der Waals surface area contributed by atoms with Crippen LogP contribution in [0.2, 0.25) is 0 Å². The number of amides is 1. The molecule has 0 aliphatic rings. The lowest BCUT2D eigenvalue weighted by atomic mass is 10.2. The normalized spacial score (nSPS) is 10.1. The van der Waals surface area contributed by atoms with Gasteiger partial charge in [-0.1, -0.05) is 6.92 Å². The van der Waals surface area contributed by atoms with E-state index < -0.39 is 0 Å². The van der Waals surface area contributed by atoms with Gasteiger partial charge in [-0.3, -0.25) is 10.1 Å². The van der Waals surface area contributed by atoms with Gasteiger partial charge in [-0.15, -0.1) is 11.3 Å². The van der Waals surface area contributed by atoms with E-state index in [9.17, 15) is 4.79 Å². The first-order chi connectivity index (χ1) is 8.81. The maximum Gasteiger partial charge on any atom is 0.261 e. The summed E-state index contributed by atoms with van der Waals surface area (Å²) < 4.78 is 0. The average Bonchev–Trinajstić information content (AvgIpc) is 2.89. The SMILES string of the molecule is CCCNc1ncccc1C(=O)Nc1nccs1. The van der Waals surface area contributed by atoms with Gasteiger partial charge in [-0.2, -0.15) is 0 Å². The van der Waals surface area contributed by atoms with Crippen LogP contribution in [0.5, 0.6) is 0 Å². The third-order valence-electron chi connectivity index (χ3n) is 2.25. The topological polar surface area (TPSA) is 66.9 Å². The lowest BCUT2D eigenvalue weighted by Crippen LogP contribution is -2.15. The maximum atomic E-state index is 12.1. The number of rotatable bonds is 5. The molecule has 2 heterocycles. The van der Waals surface area contributed by atoms with Crippen LogP contribution in [-0.4, -0.2) is 22.4 Å². The van der Waals surface area contributed by atoms with E-state index in [0.29, 0.717) is 16.5 Å². The van der Waals surface area contributed by atoms with Crippen molar-refractivity contribution in [2.24, 2.45) is 0 Å². The number of pyridine rings is 1. The molecule has 0 aliphatic heterocycles. The number of hydrogen-bond acceptors (Lipinski definition) is 5. The van der Waals surface area contributed by atoms with Gasteiger partial charge in [-0.05, 0) is 18.6 Å². The molecule has 2 N–H and O–H groups in total. The van der Waals surface area contributed by atoms with Gasteiger partial charge in [0, 0.05) is 24.3 Å². The highest BCUT2D eigenvalue weighted by Crippen LogP contribution is 2.16. The van der Waals surface area contributed by atoms with E-state index in [0.717, 1.165) is 13.0 Å². The molecule has 18 heavy (non-hydrogen) atoms. The van der Waals surface area contributed by atoms with Crippen molar-refractivity contribution in [2.45, 2.75) is 13.3 Å². The largest absolute Gasteiger partial charge is 0.369 e. The fourth-order valence-corrected chi connectivity index (χ4v) is 1.95. The summed E-state index contributed by atoms with van der Waals surface area (Å²) in [6, 6.07) is 3.49. The molecule has 2 rings (SSSR count). The summed E-state index contributed by atoms with van der Waals surface area (Å²) in [5.41, 5.74) is 0.529. The Hall–Kier alpha value is -1.95. The second-order valence-electron chi connectivity index (χ2n) is 3.62. The van der Waals surface area contributed by atoms with E-state index in [4.69, 9.17) is 0 Å². The summed E-state index contributed by atoms with van der Waals surface area (Å²) in [6.07, 6.45) is 4.29. The summed E-state index contributed by atoms with van der Waals surface area (Å²) >= 11 is 1.39. The Kier molecular flexibility index (Phi) is 4.25. The minimum Gasteiger partial charge on any atom is -0.369 e. The van der Waals surface area contributed by atoms with Gasteiger partial charge in [0.05, 0.1) is 5.56 Å². The predicted molar refractivity (Wildman–Crippen MR) is 73.1 cm³/mol. The van der Waals surface area contributed by atoms with Gasteiger partial charge in [0.15, 0.2) is 5.13 Å². The Balaban J connectivity index is 2.13. The zero-order valence-electron chi connectivity index (χ0n) is 10.0. The van der Waals surface area contributed by atoms with Crippen LogP contribution in [0.4, 0.5) is 10.9 Å². The molecule has 94 valence electrons. The molecule has 0 aliphatic carbocycles. The Morgan fingerprint density at radius 3 is 3.00 bits per heavy atom. The molecule has 0 bridgehead atoms. The summed E-state index contributed by atoms with van der Waals surface area (Å²) in [5.74, 6) is 0.407. The first-order valence-electron chi connectivity index (χ1n) is 5.71. The highest BCUT2D eigenvalue weighted by atomic mass is 32.1. The molecule has 0 spiro atoms. The quantitative estimate of drug-likeness (QED) is 0.869. The van der Waals surface area contributed by atoms with Crippen molar-refractivity contribution >= 4 is 28.2 Å². The third kappa shape index (κ3) is 3.04. The third-order valence-corrected chi connectivity index (χ3v) is 2.94. The van der Waals surface area contributed by atoms with Gasteiger partial charge in [0.2, 0.25) is 0 Å². The minimum absolute atomic E-state index is 0.198. The number of hydrogen-bond donors (Lipinski definition) is 2. The van der Waals surface area contributed by atoms with Crippen LogP contribution in [-0.2, 0) is 0 Å². The predicted octanol–water partition coefficient (Wildman–Crippen LogP) is 2.61. The lowest BCUT2D eigenvalue weighted by molar-refractivity contribution is 0.102. The Labute approximate surface area is 109 Å². The molecule has 0 aromatic carbocycles. The lowest BCUT2D eigenvalue weighted by Gasteiger charge is -2.09. The molecule has 6 heteroatoms. The molecule has 5 nitrogen and oxygen atoms in total. The van der Waals surface area contributed by atoms with E-state index in [-0.39, 0.29) is 5.91 Å². The van der Waals surface area contributed by atoms with E-state index in [2.05, 4.69) is 27.5 Å². The number of thiazole rings is 1. The van der Waals surface area contributed by atoms with Crippen molar-refractivity contribution in [1.29, 1.82) is 0 Å². The van der Waals surface area contributed by atoms with Gasteiger partial charge < -0.3 is 5.32 Å². The summed E-state index contributed by atoms with van der Waals surface area (Å²) in [4.78, 5) is 20.3. The smallest absolute Gasteiger partial charge is 0.261 e. The fourth-order valence-electron chi connectivity index (χ4n) is 1.42. The molecular formula is C12H14N4OS. The number of nitrogens with one attached hydrogen (secondary N) is 2. The van der Waals surface area contributed by atoms with Crippen LogP contribution in [0, 0.1) is 0 Å². The molecule has 0 unspecified atom stereocenters. The maximum absolute atomic E-state index is 12.1. The van der Waals surface area contributed by atoms with Crippen molar-refractivity contribution in [2.75, 3.05) is 17.2 Å². The van der Waals surface area contributed by atoms with Crippen molar-refractivity contribution in [3.63, 3.8) is 0 Å². The standard InChI is InChI=1S/C12H14N4OS/c1-2-5-13-10-9(4-3-6-14-10)11(17)16-12-15-7-8-18-12/h3-4,6-8H,2,5H2,1H3,(H,13,14)(H,15,16,17). The first kappa shape index (κ1) is 12.5. The second-order valence-corrected chi connectivity index (χ2v) is 4.51. The zero-order chi connectivity index (χ0) is 12.8. The van der Waals surface area contributed by atoms with Crippen molar-refractivity contribution in [1.82, 2.24) is 9.97 Å². The monoisotopic (exact) mass is 262 g/mol. The van der Waals surface area contributed by atoms with Crippen LogP contribution in [0.25, 0.3) is 0 Å². The van der Waals surface area contributed by atoms with Gasteiger partial charge in [-0.25, -0.2) is 9.97 Å². The summed E-state index contributed by atoms with van der Waals surface area (Å²) in [6.45, 7) is 2.85. The van der Waals surface area contributed by atoms with Gasteiger partial charge in [0.25, 0.3) is 5.91 Å². The highest BCUT2D eigenvalue weighted by molar-refractivity contribution is 7.13. The Bertz CT molecular complexity index is 513. The first-order valence-corrected chi connectivity index (χ1v) is 6.59. The van der Waals surface area contributed by atoms with E-state index in [1.54, 1.807) is 24.5 Å². The zero-order valence-corrected chi connectivity index (χ0v) is 10.8. The fraction of sp³-hybridized carbons (Fsp3) is 0.250. The molecule has 2 aromatic rings. The van der Waals surface area contributed by atoms with Crippen LogP contribution in [0.1, 0.15) is 23.7 Å². The Morgan fingerprint density at radius 1 is 1.39 bits per heavy atom. The van der Waals surface area contributed by atoms with Gasteiger partial charge >= 0.3 is 0 Å². The van der Waals surface area contributed by atoms with E-state index >= 15 is 0 Å². The molecule has 0 saturated carbocycles. The number of nitrogens with zero attached hydrogens (tertiary/aromatic N) is 2. The Morgan fingerprint density at radius 2 is 2.28 bits per heavy atom. The molecule has 0 saturated heterocycles. The van der Waals surface area contributed by atoms with Crippen LogP contribution in [0.15, 0.2) is 29.9 Å². The number of aromatic nitrogens is 2. The number of anilines is 2. The number of carbonyl (C=O) groups is 1. The average molecular weight is 262 g/mol. The molecule has 0 radical (unpaired) electrons. The molecule has 1 amide bonds. The van der Waals surface area contributed by atoms with Crippen LogP contribution in [0.3, 0.4) is 0 Å². The summed E-state index contributed by atoms with van der Waals surface area (Å²) in [5, 5.41) is 8.28. The van der Waals surface area contributed by atoms with E-state index in [1.165, 1.54) is 11.3 Å². The van der Waals surface area contributed by atoms with Crippen LogP contribution >= 0.6 is 11.3 Å². The molecular weight excluding hydrogens is 248 g/mol. The second kappa shape index (κ2) is 6.11. The summed E-state index contributed by atoms with van der Waals surface area (Å²) in [7, 11) is 0.